The Morgan fingerprint density at radius 3 is 2.83 bits per heavy atom. The predicted octanol–water partition coefficient (Wildman–Crippen LogP) is 2.92. The fourth-order valence-electron chi connectivity index (χ4n) is 4.12. The lowest BCUT2D eigenvalue weighted by molar-refractivity contribution is -0.131. The molecular formula is C22H22N6O. The first-order valence-electron chi connectivity index (χ1n) is 9.49. The maximum atomic E-state index is 13.3. The molecule has 0 saturated carbocycles. The second-order valence-corrected chi connectivity index (χ2v) is 7.48. The van der Waals surface area contributed by atoms with Gasteiger partial charge >= 0.3 is 0 Å². The lowest BCUT2D eigenvalue weighted by Crippen LogP contribution is -2.62. The second-order valence-electron chi connectivity index (χ2n) is 7.48. The number of nitriles is 1. The summed E-state index contributed by atoms with van der Waals surface area (Å²) in [5.41, 5.74) is 2.29. The monoisotopic (exact) mass is 386 g/mol. The molecule has 1 amide bonds. The van der Waals surface area contributed by atoms with Crippen LogP contribution in [0.3, 0.4) is 0 Å². The third kappa shape index (κ3) is 2.85. The molecule has 1 aliphatic rings. The Hall–Kier alpha value is -3.66. The van der Waals surface area contributed by atoms with Crippen LogP contribution in [-0.2, 0) is 16.9 Å². The van der Waals surface area contributed by atoms with E-state index in [9.17, 15) is 10.1 Å². The third-order valence-electron chi connectivity index (χ3n) is 5.76. The summed E-state index contributed by atoms with van der Waals surface area (Å²) in [6.07, 6.45) is 1.81. The van der Waals surface area contributed by atoms with Crippen molar-refractivity contribution in [1.82, 2.24) is 20.0 Å². The molecule has 1 aliphatic heterocycles. The van der Waals surface area contributed by atoms with Crippen molar-refractivity contribution in [3.63, 3.8) is 0 Å². The van der Waals surface area contributed by atoms with Gasteiger partial charge in [0.25, 0.3) is 0 Å². The molecule has 29 heavy (non-hydrogen) atoms. The van der Waals surface area contributed by atoms with E-state index in [0.717, 1.165) is 28.6 Å². The van der Waals surface area contributed by atoms with Crippen LogP contribution < -0.4 is 5.32 Å². The molecule has 0 spiro atoms. The van der Waals surface area contributed by atoms with Gasteiger partial charge in [-0.3, -0.25) is 19.8 Å². The third-order valence-corrected chi connectivity index (χ3v) is 5.76. The number of nitrogens with one attached hydrogen (secondary N) is 2. The van der Waals surface area contributed by atoms with Gasteiger partial charge in [-0.1, -0.05) is 18.2 Å². The van der Waals surface area contributed by atoms with Crippen molar-refractivity contribution in [3.05, 3.63) is 65.4 Å². The number of likely N-dealkylation sites (N-methyl/N-ethyl adjacent to an activating group) is 1. The van der Waals surface area contributed by atoms with E-state index < -0.39 is 11.5 Å². The number of hydrogen-bond donors (Lipinski definition) is 2. The molecule has 2 heterocycles. The van der Waals surface area contributed by atoms with Crippen LogP contribution in [0.5, 0.6) is 0 Å². The van der Waals surface area contributed by atoms with Crippen molar-refractivity contribution in [3.8, 4) is 6.07 Å². The number of hydrogen-bond acceptors (Lipinski definition) is 4. The number of aryl methyl sites for hydroxylation is 1. The molecule has 146 valence electrons. The number of fused-ring (bicyclic) bond motifs is 1. The quantitative estimate of drug-likeness (QED) is 0.723. The van der Waals surface area contributed by atoms with Crippen LogP contribution in [-0.4, -0.2) is 33.6 Å². The zero-order chi connectivity index (χ0) is 20.8. The highest BCUT2D eigenvalue weighted by molar-refractivity contribution is 6.03. The molecule has 1 fully saturated rings. The van der Waals surface area contributed by atoms with Crippen LogP contribution in [0, 0.1) is 16.7 Å². The van der Waals surface area contributed by atoms with Gasteiger partial charge < -0.3 is 5.32 Å². The maximum Gasteiger partial charge on any atom is 0.239 e. The smallest absolute Gasteiger partial charge is 0.239 e. The fraction of sp³-hybridized carbons (Fsp3) is 0.273. The number of carbonyl (C=O) groups excluding carboxylic acids is 1. The van der Waals surface area contributed by atoms with Gasteiger partial charge in [0.05, 0.1) is 34.8 Å². The minimum Gasteiger partial charge on any atom is -0.346 e. The largest absolute Gasteiger partial charge is 0.346 e. The zero-order valence-corrected chi connectivity index (χ0v) is 16.6. The fourth-order valence-corrected chi connectivity index (χ4v) is 4.12. The van der Waals surface area contributed by atoms with Crippen molar-refractivity contribution >= 4 is 22.8 Å². The standard InChI is InChI=1S/C22H22N6O/c1-4-28-18-9-8-15(11-16(18)13-25-28)19-20(29)27(3)21(24)26-22(19,2)17-7-5-6-14(10-17)12-23/h5-11,13,19H,4H2,1-3H3,(H2,24,26)/t19-,22-/m1/s1. The number of nitrogens with zero attached hydrogens (tertiary/aromatic N) is 4. The molecule has 1 saturated heterocycles. The molecule has 2 aromatic carbocycles. The van der Waals surface area contributed by atoms with Gasteiger partial charge in [-0.2, -0.15) is 10.4 Å². The average molecular weight is 386 g/mol. The molecular weight excluding hydrogens is 364 g/mol. The summed E-state index contributed by atoms with van der Waals surface area (Å²) in [6.45, 7) is 4.72. The summed E-state index contributed by atoms with van der Waals surface area (Å²) in [5.74, 6) is -0.693. The van der Waals surface area contributed by atoms with Crippen LogP contribution >= 0.6 is 0 Å². The van der Waals surface area contributed by atoms with E-state index in [-0.39, 0.29) is 11.9 Å². The molecule has 7 nitrogen and oxygen atoms in total. The molecule has 3 aromatic rings. The Morgan fingerprint density at radius 2 is 2.10 bits per heavy atom. The van der Waals surface area contributed by atoms with E-state index in [2.05, 4.69) is 16.5 Å². The molecule has 0 aliphatic carbocycles. The van der Waals surface area contributed by atoms with Crippen molar-refractivity contribution in [2.45, 2.75) is 31.8 Å². The average Bonchev–Trinajstić information content (AvgIpc) is 3.14. The van der Waals surface area contributed by atoms with Crippen LogP contribution in [0.1, 0.15) is 36.5 Å². The zero-order valence-electron chi connectivity index (χ0n) is 16.6. The van der Waals surface area contributed by atoms with Gasteiger partial charge in [0.1, 0.15) is 0 Å². The first kappa shape index (κ1) is 18.7. The van der Waals surface area contributed by atoms with E-state index in [0.29, 0.717) is 5.56 Å². The summed E-state index contributed by atoms with van der Waals surface area (Å²) >= 11 is 0. The molecule has 2 atom stereocenters. The Balaban J connectivity index is 1.90. The summed E-state index contributed by atoms with van der Waals surface area (Å²) in [7, 11) is 1.60. The first-order valence-corrected chi connectivity index (χ1v) is 9.49. The number of carbonyl (C=O) groups is 1. The van der Waals surface area contributed by atoms with Crippen LogP contribution in [0.15, 0.2) is 48.7 Å². The van der Waals surface area contributed by atoms with Gasteiger partial charge in [-0.05, 0) is 49.2 Å². The minimum absolute atomic E-state index is 0.0380. The molecule has 7 heteroatoms. The Bertz CT molecular complexity index is 1170. The highest BCUT2D eigenvalue weighted by atomic mass is 16.2. The highest BCUT2D eigenvalue weighted by Gasteiger charge is 2.48. The topological polar surface area (TPSA) is 97.8 Å². The van der Waals surface area contributed by atoms with Crippen LogP contribution in [0.25, 0.3) is 10.9 Å². The maximum absolute atomic E-state index is 13.3. The SMILES string of the molecule is CCn1ncc2cc([C@@H]3C(=O)N(C)C(=N)N[C@]3(C)c3cccc(C#N)c3)ccc21. The molecule has 2 N–H and O–H groups in total. The number of aromatic nitrogens is 2. The summed E-state index contributed by atoms with van der Waals surface area (Å²) in [6, 6.07) is 15.3. The Labute approximate surface area is 169 Å². The summed E-state index contributed by atoms with van der Waals surface area (Å²) in [5, 5.41) is 26.2. The number of amides is 1. The van der Waals surface area contributed by atoms with E-state index in [1.807, 2.05) is 49.0 Å². The Morgan fingerprint density at radius 1 is 1.31 bits per heavy atom. The van der Waals surface area contributed by atoms with E-state index in [1.54, 1.807) is 25.2 Å². The van der Waals surface area contributed by atoms with E-state index in [4.69, 9.17) is 5.41 Å². The molecule has 0 bridgehead atoms. The number of guanidine groups is 1. The normalized spacial score (nSPS) is 21.9. The van der Waals surface area contributed by atoms with Gasteiger partial charge in [-0.25, -0.2) is 0 Å². The van der Waals surface area contributed by atoms with Crippen molar-refractivity contribution in [2.24, 2.45) is 0 Å². The molecule has 0 radical (unpaired) electrons. The van der Waals surface area contributed by atoms with Crippen LogP contribution in [0.2, 0.25) is 0 Å². The van der Waals surface area contributed by atoms with E-state index >= 15 is 0 Å². The molecule has 4 rings (SSSR count). The number of rotatable bonds is 3. The van der Waals surface area contributed by atoms with Crippen LogP contribution in [0.4, 0.5) is 0 Å². The summed E-state index contributed by atoms with van der Waals surface area (Å²) in [4.78, 5) is 14.7. The minimum atomic E-state index is -0.873. The molecule has 0 unspecified atom stereocenters. The number of benzene rings is 2. The van der Waals surface area contributed by atoms with Gasteiger partial charge in [-0.15, -0.1) is 0 Å². The predicted molar refractivity (Wildman–Crippen MR) is 110 cm³/mol. The lowest BCUT2D eigenvalue weighted by Gasteiger charge is -2.46. The lowest BCUT2D eigenvalue weighted by atomic mass is 9.73. The van der Waals surface area contributed by atoms with Crippen molar-refractivity contribution in [2.75, 3.05) is 7.05 Å². The van der Waals surface area contributed by atoms with Crippen molar-refractivity contribution in [1.29, 1.82) is 10.7 Å². The van der Waals surface area contributed by atoms with Crippen molar-refractivity contribution < 1.29 is 4.79 Å². The van der Waals surface area contributed by atoms with Gasteiger partial charge in [0, 0.05) is 19.0 Å². The first-order chi connectivity index (χ1) is 13.9. The van der Waals surface area contributed by atoms with Gasteiger partial charge in [0.2, 0.25) is 5.91 Å². The van der Waals surface area contributed by atoms with Gasteiger partial charge in [0.15, 0.2) is 5.96 Å². The highest BCUT2D eigenvalue weighted by Crippen LogP contribution is 2.41. The summed E-state index contributed by atoms with van der Waals surface area (Å²) < 4.78 is 1.91. The molecule has 1 aromatic heterocycles. The van der Waals surface area contributed by atoms with E-state index in [1.165, 1.54) is 4.90 Å². The second kappa shape index (κ2) is 6.74. The Kier molecular flexibility index (Phi) is 4.35.